The number of piperidine rings is 1. The first-order valence-electron chi connectivity index (χ1n) is 7.32. The Morgan fingerprint density at radius 2 is 1.94 bits per heavy atom. The van der Waals surface area contributed by atoms with Crippen LogP contribution in [0, 0.1) is 11.3 Å². The van der Waals surface area contributed by atoms with Crippen LogP contribution in [0.2, 0.25) is 0 Å². The third-order valence-electron chi connectivity index (χ3n) is 4.19. The molecule has 3 unspecified atom stereocenters. The third-order valence-corrected chi connectivity index (χ3v) is 4.19. The van der Waals surface area contributed by atoms with Gasteiger partial charge < -0.3 is 5.32 Å². The van der Waals surface area contributed by atoms with E-state index in [1.54, 1.807) is 0 Å². The quantitative estimate of drug-likeness (QED) is 0.812. The molecule has 0 aliphatic carbocycles. The molecule has 1 aliphatic rings. The summed E-state index contributed by atoms with van der Waals surface area (Å²) in [5.74, 6) is 0.911. The summed E-state index contributed by atoms with van der Waals surface area (Å²) in [6, 6.07) is 1.35. The largest absolute Gasteiger partial charge is 0.312 e. The van der Waals surface area contributed by atoms with Crippen molar-refractivity contribution in [2.45, 2.75) is 66.5 Å². The number of likely N-dealkylation sites (N-methyl/N-ethyl adjacent to an activating group) is 1. The van der Waals surface area contributed by atoms with Crippen molar-refractivity contribution in [3.05, 3.63) is 0 Å². The van der Waals surface area contributed by atoms with Crippen LogP contribution < -0.4 is 5.32 Å². The second-order valence-corrected chi connectivity index (χ2v) is 6.95. The Morgan fingerprint density at radius 3 is 2.41 bits per heavy atom. The van der Waals surface area contributed by atoms with Gasteiger partial charge in [0.05, 0.1) is 0 Å². The third kappa shape index (κ3) is 4.59. The molecular formula is C15H32N2. The van der Waals surface area contributed by atoms with E-state index in [1.165, 1.54) is 25.9 Å². The maximum atomic E-state index is 3.66. The van der Waals surface area contributed by atoms with E-state index in [0.29, 0.717) is 11.5 Å². The van der Waals surface area contributed by atoms with Crippen molar-refractivity contribution >= 4 is 0 Å². The maximum Gasteiger partial charge on any atom is 0.0243 e. The van der Waals surface area contributed by atoms with E-state index in [0.717, 1.165) is 18.5 Å². The Bertz CT molecular complexity index is 219. The van der Waals surface area contributed by atoms with Gasteiger partial charge in [-0.15, -0.1) is 0 Å². The molecule has 1 fully saturated rings. The van der Waals surface area contributed by atoms with Gasteiger partial charge in [0, 0.05) is 18.6 Å². The standard InChI is InChI=1S/C15H32N2/c1-7-16-14(15(4,5)6)11-17-9-8-12(2)10-13(17)3/h12-14,16H,7-11H2,1-6H3. The lowest BCUT2D eigenvalue weighted by molar-refractivity contribution is 0.0926. The minimum Gasteiger partial charge on any atom is -0.312 e. The zero-order chi connectivity index (χ0) is 13.1. The number of nitrogens with one attached hydrogen (secondary N) is 1. The molecule has 1 heterocycles. The highest BCUT2D eigenvalue weighted by Gasteiger charge is 2.29. The first kappa shape index (κ1) is 15.0. The van der Waals surface area contributed by atoms with Crippen molar-refractivity contribution in [1.82, 2.24) is 10.2 Å². The molecule has 0 aromatic carbocycles. The normalized spacial score (nSPS) is 29.3. The molecule has 0 bridgehead atoms. The number of hydrogen-bond acceptors (Lipinski definition) is 2. The van der Waals surface area contributed by atoms with Gasteiger partial charge in [0.25, 0.3) is 0 Å². The van der Waals surface area contributed by atoms with Gasteiger partial charge in [-0.2, -0.15) is 0 Å². The Balaban J connectivity index is 2.55. The molecule has 0 amide bonds. The minimum absolute atomic E-state index is 0.346. The van der Waals surface area contributed by atoms with E-state index in [2.05, 4.69) is 51.8 Å². The molecule has 0 aromatic rings. The van der Waals surface area contributed by atoms with Crippen LogP contribution >= 0.6 is 0 Å². The van der Waals surface area contributed by atoms with Crippen LogP contribution in [0.3, 0.4) is 0 Å². The summed E-state index contributed by atoms with van der Waals surface area (Å²) in [7, 11) is 0. The van der Waals surface area contributed by atoms with E-state index < -0.39 is 0 Å². The highest BCUT2D eigenvalue weighted by atomic mass is 15.2. The van der Waals surface area contributed by atoms with E-state index in [1.807, 2.05) is 0 Å². The molecule has 102 valence electrons. The highest BCUT2D eigenvalue weighted by molar-refractivity contribution is 4.86. The maximum absolute atomic E-state index is 3.66. The van der Waals surface area contributed by atoms with Crippen molar-refractivity contribution in [3.8, 4) is 0 Å². The fourth-order valence-electron chi connectivity index (χ4n) is 2.85. The molecule has 1 saturated heterocycles. The SMILES string of the molecule is CCNC(CN1CCC(C)CC1C)C(C)(C)C. The molecule has 2 heteroatoms. The molecule has 1 N–H and O–H groups in total. The lowest BCUT2D eigenvalue weighted by atomic mass is 9.85. The average Bonchev–Trinajstić information content (AvgIpc) is 2.19. The molecule has 0 aromatic heterocycles. The van der Waals surface area contributed by atoms with Crippen LogP contribution in [0.15, 0.2) is 0 Å². The number of nitrogens with zero attached hydrogens (tertiary/aromatic N) is 1. The van der Waals surface area contributed by atoms with E-state index >= 15 is 0 Å². The van der Waals surface area contributed by atoms with Crippen LogP contribution in [-0.4, -0.2) is 36.6 Å². The predicted molar refractivity (Wildman–Crippen MR) is 76.4 cm³/mol. The lowest BCUT2D eigenvalue weighted by Gasteiger charge is -2.42. The molecule has 2 nitrogen and oxygen atoms in total. The molecule has 17 heavy (non-hydrogen) atoms. The second-order valence-electron chi connectivity index (χ2n) is 6.95. The van der Waals surface area contributed by atoms with Gasteiger partial charge in [0.1, 0.15) is 0 Å². The lowest BCUT2D eigenvalue weighted by Crippen LogP contribution is -2.52. The minimum atomic E-state index is 0.346. The molecular weight excluding hydrogens is 208 g/mol. The Morgan fingerprint density at radius 1 is 1.29 bits per heavy atom. The van der Waals surface area contributed by atoms with Crippen LogP contribution in [0.4, 0.5) is 0 Å². The van der Waals surface area contributed by atoms with Crippen molar-refractivity contribution in [2.24, 2.45) is 11.3 Å². The van der Waals surface area contributed by atoms with Gasteiger partial charge in [-0.25, -0.2) is 0 Å². The van der Waals surface area contributed by atoms with E-state index in [-0.39, 0.29) is 0 Å². The predicted octanol–water partition coefficient (Wildman–Crippen LogP) is 3.13. The molecule has 1 aliphatic heterocycles. The summed E-state index contributed by atoms with van der Waals surface area (Å²) in [4.78, 5) is 2.68. The van der Waals surface area contributed by atoms with Gasteiger partial charge in [-0.1, -0.05) is 34.6 Å². The zero-order valence-corrected chi connectivity index (χ0v) is 12.7. The summed E-state index contributed by atoms with van der Waals surface area (Å²) in [6.07, 6.45) is 2.73. The topological polar surface area (TPSA) is 15.3 Å². The molecule has 3 atom stereocenters. The van der Waals surface area contributed by atoms with E-state index in [9.17, 15) is 0 Å². The molecule has 0 saturated carbocycles. The first-order valence-corrected chi connectivity index (χ1v) is 7.32. The molecule has 0 radical (unpaired) electrons. The van der Waals surface area contributed by atoms with Crippen LogP contribution in [0.5, 0.6) is 0 Å². The number of hydrogen-bond donors (Lipinski definition) is 1. The summed E-state index contributed by atoms with van der Waals surface area (Å²) in [5.41, 5.74) is 0.346. The van der Waals surface area contributed by atoms with Crippen molar-refractivity contribution in [3.63, 3.8) is 0 Å². The number of rotatable bonds is 4. The fraction of sp³-hybridized carbons (Fsp3) is 1.00. The van der Waals surface area contributed by atoms with Crippen molar-refractivity contribution in [2.75, 3.05) is 19.6 Å². The smallest absolute Gasteiger partial charge is 0.0243 e. The summed E-state index contributed by atoms with van der Waals surface area (Å²) >= 11 is 0. The average molecular weight is 240 g/mol. The Hall–Kier alpha value is -0.0800. The van der Waals surface area contributed by atoms with Gasteiger partial charge in [-0.05, 0) is 44.2 Å². The van der Waals surface area contributed by atoms with Gasteiger partial charge in [0.2, 0.25) is 0 Å². The Labute approximate surface area is 108 Å². The first-order chi connectivity index (χ1) is 7.84. The van der Waals surface area contributed by atoms with Gasteiger partial charge in [0.15, 0.2) is 0 Å². The van der Waals surface area contributed by atoms with Crippen LogP contribution in [0.1, 0.15) is 54.4 Å². The Kier molecular flexibility index (Phi) is 5.46. The van der Waals surface area contributed by atoms with E-state index in [4.69, 9.17) is 0 Å². The van der Waals surface area contributed by atoms with Gasteiger partial charge in [-0.3, -0.25) is 4.90 Å². The fourth-order valence-corrected chi connectivity index (χ4v) is 2.85. The monoisotopic (exact) mass is 240 g/mol. The summed E-state index contributed by atoms with van der Waals surface area (Å²) < 4.78 is 0. The summed E-state index contributed by atoms with van der Waals surface area (Å²) in [6.45, 7) is 17.6. The number of likely N-dealkylation sites (tertiary alicyclic amines) is 1. The van der Waals surface area contributed by atoms with Crippen LogP contribution in [0.25, 0.3) is 0 Å². The highest BCUT2D eigenvalue weighted by Crippen LogP contribution is 2.26. The van der Waals surface area contributed by atoms with Crippen molar-refractivity contribution < 1.29 is 0 Å². The molecule has 1 rings (SSSR count). The zero-order valence-electron chi connectivity index (χ0n) is 12.7. The molecule has 0 spiro atoms. The van der Waals surface area contributed by atoms with Crippen LogP contribution in [-0.2, 0) is 0 Å². The summed E-state index contributed by atoms with van der Waals surface area (Å²) in [5, 5.41) is 3.66. The second kappa shape index (κ2) is 6.19. The van der Waals surface area contributed by atoms with Crippen molar-refractivity contribution in [1.29, 1.82) is 0 Å². The van der Waals surface area contributed by atoms with Gasteiger partial charge >= 0.3 is 0 Å².